The number of nitrogens with zero attached hydrogens (tertiary/aromatic N) is 3. The summed E-state index contributed by atoms with van der Waals surface area (Å²) in [5.41, 5.74) is 0. The third kappa shape index (κ3) is 4.70. The van der Waals surface area contributed by atoms with Gasteiger partial charge in [0.15, 0.2) is 0 Å². The lowest BCUT2D eigenvalue weighted by Gasteiger charge is -2.33. The molecule has 5 nitrogen and oxygen atoms in total. The van der Waals surface area contributed by atoms with Gasteiger partial charge < -0.3 is 14.7 Å². The molecule has 21 heavy (non-hydrogen) atoms. The number of carbonyl (C=O) groups is 2. The van der Waals surface area contributed by atoms with Crippen LogP contribution in [0.1, 0.15) is 39.0 Å². The minimum Gasteiger partial charge on any atom is -0.344 e. The first-order valence-corrected chi connectivity index (χ1v) is 8.31. The molecule has 0 atom stereocenters. The molecule has 0 unspecified atom stereocenters. The summed E-state index contributed by atoms with van der Waals surface area (Å²) in [6, 6.07) is 0. The maximum Gasteiger partial charge on any atom is 0.225 e. The van der Waals surface area contributed by atoms with Crippen molar-refractivity contribution >= 4 is 11.8 Å². The van der Waals surface area contributed by atoms with Crippen LogP contribution in [0.5, 0.6) is 0 Å². The van der Waals surface area contributed by atoms with Crippen LogP contribution in [0.3, 0.4) is 0 Å². The minimum absolute atomic E-state index is 0.104. The zero-order valence-corrected chi connectivity index (χ0v) is 13.5. The van der Waals surface area contributed by atoms with E-state index >= 15 is 0 Å². The van der Waals surface area contributed by atoms with E-state index < -0.39 is 0 Å². The SMILES string of the molecule is CC(=O)N1CCC(C(=O)N(C)CCN2CCCCC2)CC1. The van der Waals surface area contributed by atoms with Crippen LogP contribution in [0.4, 0.5) is 0 Å². The van der Waals surface area contributed by atoms with Gasteiger partial charge in [-0.15, -0.1) is 0 Å². The van der Waals surface area contributed by atoms with Gasteiger partial charge in [-0.2, -0.15) is 0 Å². The molecule has 0 aromatic carbocycles. The first kappa shape index (κ1) is 16.3. The van der Waals surface area contributed by atoms with E-state index in [1.807, 2.05) is 16.8 Å². The molecule has 0 aromatic heterocycles. The highest BCUT2D eigenvalue weighted by Crippen LogP contribution is 2.19. The van der Waals surface area contributed by atoms with Crippen molar-refractivity contribution in [3.8, 4) is 0 Å². The third-order valence-electron chi connectivity index (χ3n) is 4.87. The van der Waals surface area contributed by atoms with Crippen LogP contribution in [0.2, 0.25) is 0 Å². The monoisotopic (exact) mass is 295 g/mol. The maximum absolute atomic E-state index is 12.5. The average Bonchev–Trinajstić information content (AvgIpc) is 2.53. The second-order valence-electron chi connectivity index (χ2n) is 6.44. The van der Waals surface area contributed by atoms with Gasteiger partial charge in [-0.1, -0.05) is 6.42 Å². The van der Waals surface area contributed by atoms with Gasteiger partial charge in [0, 0.05) is 46.1 Å². The average molecular weight is 295 g/mol. The van der Waals surface area contributed by atoms with E-state index in [1.165, 1.54) is 32.4 Å². The Balaban J connectivity index is 1.71. The van der Waals surface area contributed by atoms with Crippen molar-refractivity contribution in [2.24, 2.45) is 5.92 Å². The molecule has 0 saturated carbocycles. The normalized spacial score (nSPS) is 21.3. The lowest BCUT2D eigenvalue weighted by atomic mass is 9.95. The lowest BCUT2D eigenvalue weighted by Crippen LogP contribution is -2.44. The Hall–Kier alpha value is -1.10. The van der Waals surface area contributed by atoms with Gasteiger partial charge in [0.05, 0.1) is 0 Å². The standard InChI is InChI=1S/C16H29N3O2/c1-14(20)19-10-6-15(7-11-19)16(21)17(2)12-13-18-8-4-3-5-9-18/h15H,3-13H2,1-2H3. The Kier molecular flexibility index (Phi) is 6.03. The van der Waals surface area contributed by atoms with E-state index in [1.54, 1.807) is 6.92 Å². The van der Waals surface area contributed by atoms with E-state index in [0.29, 0.717) is 0 Å². The summed E-state index contributed by atoms with van der Waals surface area (Å²) in [5.74, 6) is 0.488. The van der Waals surface area contributed by atoms with Crippen LogP contribution < -0.4 is 0 Å². The Morgan fingerprint density at radius 3 is 2.24 bits per heavy atom. The van der Waals surface area contributed by atoms with Gasteiger partial charge in [0.25, 0.3) is 0 Å². The van der Waals surface area contributed by atoms with Crippen LogP contribution in [-0.4, -0.2) is 72.8 Å². The lowest BCUT2D eigenvalue weighted by molar-refractivity contribution is -0.139. The van der Waals surface area contributed by atoms with E-state index in [2.05, 4.69) is 4.90 Å². The van der Waals surface area contributed by atoms with Crippen molar-refractivity contribution in [1.29, 1.82) is 0 Å². The van der Waals surface area contributed by atoms with E-state index in [-0.39, 0.29) is 17.7 Å². The fourth-order valence-corrected chi connectivity index (χ4v) is 3.34. The second kappa shape index (κ2) is 7.78. The quantitative estimate of drug-likeness (QED) is 0.782. The number of likely N-dealkylation sites (tertiary alicyclic amines) is 2. The van der Waals surface area contributed by atoms with Crippen molar-refractivity contribution in [3.05, 3.63) is 0 Å². The maximum atomic E-state index is 12.5. The molecule has 2 saturated heterocycles. The smallest absolute Gasteiger partial charge is 0.225 e. The predicted molar refractivity (Wildman–Crippen MR) is 82.9 cm³/mol. The summed E-state index contributed by atoms with van der Waals surface area (Å²) in [5, 5.41) is 0. The fourth-order valence-electron chi connectivity index (χ4n) is 3.34. The highest BCUT2D eigenvalue weighted by Gasteiger charge is 2.28. The highest BCUT2D eigenvalue weighted by atomic mass is 16.2. The van der Waals surface area contributed by atoms with Crippen LogP contribution in [0.15, 0.2) is 0 Å². The minimum atomic E-state index is 0.104. The predicted octanol–water partition coefficient (Wildman–Crippen LogP) is 1.19. The third-order valence-corrected chi connectivity index (χ3v) is 4.87. The molecule has 2 aliphatic rings. The second-order valence-corrected chi connectivity index (χ2v) is 6.44. The first-order chi connectivity index (χ1) is 10.1. The molecule has 0 bridgehead atoms. The Labute approximate surface area is 128 Å². The van der Waals surface area contributed by atoms with Crippen molar-refractivity contribution < 1.29 is 9.59 Å². The largest absolute Gasteiger partial charge is 0.344 e. The molecule has 0 radical (unpaired) electrons. The van der Waals surface area contributed by atoms with Crippen molar-refractivity contribution in [1.82, 2.24) is 14.7 Å². The molecule has 0 spiro atoms. The number of hydrogen-bond donors (Lipinski definition) is 0. The molecule has 2 rings (SSSR count). The van der Waals surface area contributed by atoms with E-state index in [9.17, 15) is 9.59 Å². The zero-order chi connectivity index (χ0) is 15.2. The molecular weight excluding hydrogens is 266 g/mol. The summed E-state index contributed by atoms with van der Waals surface area (Å²) in [7, 11) is 1.92. The Morgan fingerprint density at radius 1 is 1.05 bits per heavy atom. The van der Waals surface area contributed by atoms with E-state index in [0.717, 1.165) is 39.0 Å². The Bertz CT molecular complexity index is 359. The number of likely N-dealkylation sites (N-methyl/N-ethyl adjacent to an activating group) is 1. The van der Waals surface area contributed by atoms with Crippen molar-refractivity contribution in [2.75, 3.05) is 46.3 Å². The summed E-state index contributed by atoms with van der Waals surface area (Å²) < 4.78 is 0. The molecule has 2 fully saturated rings. The Morgan fingerprint density at radius 2 is 1.67 bits per heavy atom. The molecule has 2 heterocycles. The molecule has 0 aromatic rings. The summed E-state index contributed by atoms with van der Waals surface area (Å²) in [6.45, 7) is 7.24. The molecule has 120 valence electrons. The van der Waals surface area contributed by atoms with Gasteiger partial charge >= 0.3 is 0 Å². The van der Waals surface area contributed by atoms with Gasteiger partial charge in [-0.3, -0.25) is 9.59 Å². The molecule has 5 heteroatoms. The summed E-state index contributed by atoms with van der Waals surface area (Å²) in [6.07, 6.45) is 5.56. The molecular formula is C16H29N3O2. The number of hydrogen-bond acceptors (Lipinski definition) is 3. The van der Waals surface area contributed by atoms with Crippen molar-refractivity contribution in [3.63, 3.8) is 0 Å². The molecule has 0 aliphatic carbocycles. The van der Waals surface area contributed by atoms with Gasteiger partial charge in [-0.25, -0.2) is 0 Å². The molecule has 2 aliphatic heterocycles. The molecule has 2 amide bonds. The number of piperidine rings is 2. The number of rotatable bonds is 4. The first-order valence-electron chi connectivity index (χ1n) is 8.31. The van der Waals surface area contributed by atoms with E-state index in [4.69, 9.17) is 0 Å². The van der Waals surface area contributed by atoms with Gasteiger partial charge in [0.2, 0.25) is 11.8 Å². The summed E-state index contributed by atoms with van der Waals surface area (Å²) >= 11 is 0. The zero-order valence-electron chi connectivity index (χ0n) is 13.5. The van der Waals surface area contributed by atoms with Gasteiger partial charge in [-0.05, 0) is 38.8 Å². The van der Waals surface area contributed by atoms with Gasteiger partial charge in [0.1, 0.15) is 0 Å². The fraction of sp³-hybridized carbons (Fsp3) is 0.875. The topological polar surface area (TPSA) is 43.9 Å². The van der Waals surface area contributed by atoms with Crippen LogP contribution >= 0.6 is 0 Å². The van der Waals surface area contributed by atoms with Crippen LogP contribution in [0, 0.1) is 5.92 Å². The van der Waals surface area contributed by atoms with Crippen molar-refractivity contribution in [2.45, 2.75) is 39.0 Å². The molecule has 0 N–H and O–H groups in total. The number of carbonyl (C=O) groups excluding carboxylic acids is 2. The number of amides is 2. The highest BCUT2D eigenvalue weighted by molar-refractivity contribution is 5.79. The van der Waals surface area contributed by atoms with Crippen LogP contribution in [0.25, 0.3) is 0 Å². The summed E-state index contributed by atoms with van der Waals surface area (Å²) in [4.78, 5) is 30.0. The van der Waals surface area contributed by atoms with Crippen LogP contribution in [-0.2, 0) is 9.59 Å².